The second-order valence-corrected chi connectivity index (χ2v) is 5.65. The van der Waals surface area contributed by atoms with Crippen LogP contribution in [-0.2, 0) is 17.7 Å². The van der Waals surface area contributed by atoms with Gasteiger partial charge >= 0.3 is 0 Å². The molecule has 0 unspecified atom stereocenters. The molecular formula is C15H27N3OS. The van der Waals surface area contributed by atoms with Crippen molar-refractivity contribution in [3.05, 3.63) is 21.9 Å². The highest BCUT2D eigenvalue weighted by atomic mass is 32.1. The van der Waals surface area contributed by atoms with Crippen LogP contribution in [0.4, 0.5) is 0 Å². The predicted octanol–water partition coefficient (Wildman–Crippen LogP) is 2.79. The summed E-state index contributed by atoms with van der Waals surface area (Å²) in [6.07, 6.45) is 2.10. The quantitative estimate of drug-likeness (QED) is 0.418. The van der Waals surface area contributed by atoms with E-state index in [-0.39, 0.29) is 0 Å². The van der Waals surface area contributed by atoms with Crippen molar-refractivity contribution >= 4 is 17.3 Å². The van der Waals surface area contributed by atoms with Gasteiger partial charge in [0.15, 0.2) is 5.96 Å². The fourth-order valence-corrected chi connectivity index (χ4v) is 2.60. The maximum atomic E-state index is 5.32. The van der Waals surface area contributed by atoms with Crippen LogP contribution in [0.3, 0.4) is 0 Å². The summed E-state index contributed by atoms with van der Waals surface area (Å²) >= 11 is 1.85. The zero-order valence-corrected chi connectivity index (χ0v) is 13.7. The highest BCUT2D eigenvalue weighted by molar-refractivity contribution is 7.11. The first-order valence-corrected chi connectivity index (χ1v) is 8.29. The van der Waals surface area contributed by atoms with Crippen molar-refractivity contribution in [3.8, 4) is 0 Å². The molecule has 0 aliphatic carbocycles. The van der Waals surface area contributed by atoms with Gasteiger partial charge in [0.05, 0.1) is 6.54 Å². The monoisotopic (exact) mass is 297 g/mol. The molecule has 0 amide bonds. The minimum absolute atomic E-state index is 0.742. The largest absolute Gasteiger partial charge is 0.382 e. The second kappa shape index (κ2) is 10.7. The van der Waals surface area contributed by atoms with E-state index < -0.39 is 0 Å². The van der Waals surface area contributed by atoms with Gasteiger partial charge in [0.2, 0.25) is 0 Å². The summed E-state index contributed by atoms with van der Waals surface area (Å²) in [7, 11) is 0. The van der Waals surface area contributed by atoms with E-state index in [2.05, 4.69) is 41.6 Å². The van der Waals surface area contributed by atoms with E-state index in [0.29, 0.717) is 0 Å². The Morgan fingerprint density at radius 2 is 2.00 bits per heavy atom. The van der Waals surface area contributed by atoms with Crippen molar-refractivity contribution < 1.29 is 4.74 Å². The van der Waals surface area contributed by atoms with Crippen molar-refractivity contribution in [2.75, 3.05) is 26.3 Å². The molecule has 0 aliphatic heterocycles. The minimum Gasteiger partial charge on any atom is -0.382 e. The van der Waals surface area contributed by atoms with Crippen LogP contribution in [-0.4, -0.2) is 32.3 Å². The third-order valence-electron chi connectivity index (χ3n) is 2.77. The zero-order valence-electron chi connectivity index (χ0n) is 12.9. The van der Waals surface area contributed by atoms with Crippen molar-refractivity contribution in [1.29, 1.82) is 0 Å². The van der Waals surface area contributed by atoms with Gasteiger partial charge in [-0.05, 0) is 38.8 Å². The number of ether oxygens (including phenoxy) is 1. The first kappa shape index (κ1) is 17.0. The first-order chi connectivity index (χ1) is 9.80. The van der Waals surface area contributed by atoms with Gasteiger partial charge < -0.3 is 15.4 Å². The summed E-state index contributed by atoms with van der Waals surface area (Å²) in [6, 6.07) is 4.36. The molecule has 0 fully saturated rings. The number of aryl methyl sites for hydroxylation is 1. The normalized spacial score (nSPS) is 11.7. The van der Waals surface area contributed by atoms with Gasteiger partial charge in [0.1, 0.15) is 0 Å². The molecular weight excluding hydrogens is 270 g/mol. The number of nitrogens with zero attached hydrogens (tertiary/aromatic N) is 1. The van der Waals surface area contributed by atoms with Crippen LogP contribution in [0, 0.1) is 0 Å². The number of guanidine groups is 1. The predicted molar refractivity (Wildman–Crippen MR) is 87.6 cm³/mol. The Morgan fingerprint density at radius 3 is 2.65 bits per heavy atom. The number of hydrogen-bond donors (Lipinski definition) is 2. The Balaban J connectivity index is 2.37. The van der Waals surface area contributed by atoms with Crippen molar-refractivity contribution in [1.82, 2.24) is 10.6 Å². The van der Waals surface area contributed by atoms with Crippen molar-refractivity contribution in [2.45, 2.75) is 40.2 Å². The summed E-state index contributed by atoms with van der Waals surface area (Å²) in [5.41, 5.74) is 0. The van der Waals surface area contributed by atoms with Gasteiger partial charge in [-0.3, -0.25) is 0 Å². The molecule has 1 aromatic heterocycles. The zero-order chi connectivity index (χ0) is 14.6. The van der Waals surface area contributed by atoms with E-state index in [9.17, 15) is 0 Å². The Morgan fingerprint density at radius 1 is 1.20 bits per heavy atom. The molecule has 0 saturated carbocycles. The van der Waals surface area contributed by atoms with Crippen LogP contribution in [0.1, 0.15) is 36.9 Å². The number of aliphatic imine (C=N–C) groups is 1. The topological polar surface area (TPSA) is 45.7 Å². The minimum atomic E-state index is 0.742. The van der Waals surface area contributed by atoms with E-state index in [1.54, 1.807) is 0 Å². The lowest BCUT2D eigenvalue weighted by Crippen LogP contribution is -2.38. The Kier molecular flexibility index (Phi) is 9.07. The summed E-state index contributed by atoms with van der Waals surface area (Å²) in [6.45, 7) is 10.4. The number of hydrogen-bond acceptors (Lipinski definition) is 3. The third-order valence-corrected chi connectivity index (χ3v) is 3.98. The molecule has 1 aromatic rings. The van der Waals surface area contributed by atoms with Crippen LogP contribution in [0.25, 0.3) is 0 Å². The average molecular weight is 297 g/mol. The van der Waals surface area contributed by atoms with Crippen LogP contribution >= 0.6 is 11.3 Å². The molecule has 0 radical (unpaired) electrons. The summed E-state index contributed by atoms with van der Waals surface area (Å²) in [5.74, 6) is 0.885. The average Bonchev–Trinajstić information content (AvgIpc) is 2.92. The Labute approximate surface area is 126 Å². The summed E-state index contributed by atoms with van der Waals surface area (Å²) < 4.78 is 5.32. The molecule has 4 nitrogen and oxygen atoms in total. The van der Waals surface area contributed by atoms with E-state index >= 15 is 0 Å². The van der Waals surface area contributed by atoms with Gasteiger partial charge in [0.25, 0.3) is 0 Å². The number of thiophene rings is 1. The van der Waals surface area contributed by atoms with Crippen molar-refractivity contribution in [2.24, 2.45) is 4.99 Å². The Hall–Kier alpha value is -1.07. The lowest BCUT2D eigenvalue weighted by Gasteiger charge is -2.10. The van der Waals surface area contributed by atoms with Crippen LogP contribution in [0.2, 0.25) is 0 Å². The second-order valence-electron chi connectivity index (χ2n) is 4.39. The van der Waals surface area contributed by atoms with E-state index in [1.807, 2.05) is 18.3 Å². The highest BCUT2D eigenvalue weighted by Gasteiger charge is 2.00. The maximum absolute atomic E-state index is 5.32. The molecule has 0 aromatic carbocycles. The summed E-state index contributed by atoms with van der Waals surface area (Å²) in [5, 5.41) is 6.60. The lowest BCUT2D eigenvalue weighted by atomic mass is 10.4. The molecule has 0 saturated heterocycles. The van der Waals surface area contributed by atoms with Gasteiger partial charge in [-0.2, -0.15) is 0 Å². The SMILES string of the molecule is CCNC(=NCc1ccc(CC)s1)NCCCOCC. The molecule has 1 heterocycles. The van der Waals surface area contributed by atoms with Gasteiger partial charge in [0, 0.05) is 36.1 Å². The summed E-state index contributed by atoms with van der Waals surface area (Å²) in [4.78, 5) is 7.35. The molecule has 114 valence electrons. The van der Waals surface area contributed by atoms with E-state index in [1.165, 1.54) is 9.75 Å². The van der Waals surface area contributed by atoms with Gasteiger partial charge in [-0.15, -0.1) is 11.3 Å². The third kappa shape index (κ3) is 6.91. The Bertz CT molecular complexity index is 390. The van der Waals surface area contributed by atoms with Gasteiger partial charge in [-0.25, -0.2) is 4.99 Å². The van der Waals surface area contributed by atoms with Gasteiger partial charge in [-0.1, -0.05) is 6.92 Å². The molecule has 0 spiro atoms. The molecule has 0 atom stereocenters. The number of rotatable bonds is 9. The van der Waals surface area contributed by atoms with Crippen LogP contribution in [0.15, 0.2) is 17.1 Å². The maximum Gasteiger partial charge on any atom is 0.191 e. The van der Waals surface area contributed by atoms with Crippen LogP contribution in [0.5, 0.6) is 0 Å². The number of nitrogens with one attached hydrogen (secondary N) is 2. The molecule has 20 heavy (non-hydrogen) atoms. The highest BCUT2D eigenvalue weighted by Crippen LogP contribution is 2.17. The molecule has 5 heteroatoms. The van der Waals surface area contributed by atoms with E-state index in [4.69, 9.17) is 4.74 Å². The van der Waals surface area contributed by atoms with E-state index in [0.717, 1.165) is 51.6 Å². The molecule has 0 bridgehead atoms. The smallest absolute Gasteiger partial charge is 0.191 e. The van der Waals surface area contributed by atoms with Crippen LogP contribution < -0.4 is 10.6 Å². The first-order valence-electron chi connectivity index (χ1n) is 7.47. The molecule has 0 aliphatic rings. The molecule has 1 rings (SSSR count). The fourth-order valence-electron chi connectivity index (χ4n) is 1.72. The standard InChI is InChI=1S/C15H27N3OS/c1-4-13-8-9-14(20-13)12-18-15(16-5-2)17-10-7-11-19-6-3/h8-9H,4-7,10-12H2,1-3H3,(H2,16,17,18). The lowest BCUT2D eigenvalue weighted by molar-refractivity contribution is 0.145. The fraction of sp³-hybridized carbons (Fsp3) is 0.667. The van der Waals surface area contributed by atoms with Crippen molar-refractivity contribution in [3.63, 3.8) is 0 Å². The molecule has 2 N–H and O–H groups in total.